The maximum atomic E-state index is 11.4. The second-order valence-corrected chi connectivity index (χ2v) is 13.2. The van der Waals surface area contributed by atoms with Crippen molar-refractivity contribution in [1.29, 1.82) is 0 Å². The van der Waals surface area contributed by atoms with Crippen molar-refractivity contribution in [2.75, 3.05) is 46.1 Å². The van der Waals surface area contributed by atoms with Crippen LogP contribution in [0.2, 0.25) is 0 Å². The normalized spacial score (nSPS) is 15.2. The Morgan fingerprint density at radius 2 is 1.43 bits per heavy atom. The van der Waals surface area contributed by atoms with Crippen molar-refractivity contribution in [2.45, 2.75) is 181 Å². The lowest BCUT2D eigenvalue weighted by molar-refractivity contribution is -0.352. The molecule has 0 saturated carbocycles. The number of aryl methyl sites for hydroxylation is 1. The van der Waals surface area contributed by atoms with Crippen LogP contribution in [-0.2, 0) is 35.5 Å². The van der Waals surface area contributed by atoms with Crippen LogP contribution in [0.3, 0.4) is 0 Å². The minimum absolute atomic E-state index is 0. The number of esters is 1. The van der Waals surface area contributed by atoms with Crippen LogP contribution in [0.1, 0.15) is 157 Å². The van der Waals surface area contributed by atoms with Crippen LogP contribution in [0.4, 0.5) is 0 Å². The van der Waals surface area contributed by atoms with E-state index >= 15 is 0 Å². The van der Waals surface area contributed by atoms with Gasteiger partial charge in [-0.15, -0.1) is 0 Å². The summed E-state index contributed by atoms with van der Waals surface area (Å²) in [5.41, 5.74) is 0. The molecule has 0 radical (unpaired) electrons. The van der Waals surface area contributed by atoms with Gasteiger partial charge in [-0.25, -0.2) is 19.6 Å². The van der Waals surface area contributed by atoms with Gasteiger partial charge in [-0.3, -0.25) is 10.1 Å². The van der Waals surface area contributed by atoms with Gasteiger partial charge in [0.05, 0.1) is 38.7 Å². The Morgan fingerprint density at radius 3 is 1.96 bits per heavy atom. The summed E-state index contributed by atoms with van der Waals surface area (Å²) in [6.45, 7) is 11.9. The number of nitrogens with zero attached hydrogens (tertiary/aromatic N) is 3. The summed E-state index contributed by atoms with van der Waals surface area (Å²) in [6.07, 6.45) is 28.7. The number of hydrogen-bond acceptors (Lipinski definition) is 12. The Morgan fingerprint density at radius 1 is 0.830 bits per heavy atom. The van der Waals surface area contributed by atoms with Crippen LogP contribution in [0.15, 0.2) is 18.7 Å². The molecule has 2 heterocycles. The second kappa shape index (κ2) is 44.4. The summed E-state index contributed by atoms with van der Waals surface area (Å²) in [5.74, 6) is -0.241. The molecule has 0 aliphatic carbocycles. The average Bonchev–Trinajstić information content (AvgIpc) is 3.88. The number of aliphatic hydroxyl groups excluding tert-OH is 3. The molecule has 0 amide bonds. The molecule has 0 bridgehead atoms. The van der Waals surface area contributed by atoms with Gasteiger partial charge in [0.1, 0.15) is 25.6 Å². The third kappa shape index (κ3) is 35.5. The molecular formula is C40H81N3O10. The topological polar surface area (TPSA) is 173 Å². The lowest BCUT2D eigenvalue weighted by atomic mass is 9.98. The van der Waals surface area contributed by atoms with E-state index in [9.17, 15) is 10.1 Å². The molecule has 1 aromatic rings. The van der Waals surface area contributed by atoms with Crippen molar-refractivity contribution in [1.82, 2.24) is 14.5 Å². The van der Waals surface area contributed by atoms with Gasteiger partial charge in [0, 0.05) is 31.9 Å². The number of imidazole rings is 1. The van der Waals surface area contributed by atoms with E-state index in [1.54, 1.807) is 6.20 Å². The number of carbonyl (C=O) groups is 2. The SMILES string of the molecule is C.C=O.CCCCCCCCCC1CC(C(CCCCCCCCC)OO)OO1.CCCN(CCCn1ccnc1)CCC(=O)OCCO.OCCO. The standard InChI is InChI=1S/C22H44O4.C14H25N3O3.C2H6O2.CH2O.CH4/c1-3-5-7-9-11-13-15-17-20-19-22(26-25-20)21(24-23)18-16-14-12-10-8-6-4-2;1-2-6-16(9-4-14(19)20-12-11-18)7-3-8-17-10-5-15-13-17;3-1-2-4;1-2;/h20-23H,3-19H2,1-2H3;5,10,13,18H,2-4,6-9,11-12H2,1H3;3-4H,1-2H2;1H2;1H4. The van der Waals surface area contributed by atoms with Crippen molar-refractivity contribution >= 4 is 12.8 Å². The molecule has 1 aliphatic rings. The quantitative estimate of drug-likeness (QED) is 0.0263. The molecule has 1 aliphatic heterocycles. The number of rotatable bonds is 30. The Balaban J connectivity index is -0.000000825. The highest BCUT2D eigenvalue weighted by molar-refractivity contribution is 5.69. The summed E-state index contributed by atoms with van der Waals surface area (Å²) >= 11 is 0. The van der Waals surface area contributed by atoms with Crippen LogP contribution < -0.4 is 0 Å². The highest BCUT2D eigenvalue weighted by Gasteiger charge is 2.34. The molecule has 53 heavy (non-hydrogen) atoms. The maximum Gasteiger partial charge on any atom is 0.307 e. The first kappa shape index (κ1) is 55.4. The van der Waals surface area contributed by atoms with E-state index in [0.29, 0.717) is 13.0 Å². The summed E-state index contributed by atoms with van der Waals surface area (Å²) in [4.78, 5) is 41.3. The molecule has 0 aromatic carbocycles. The summed E-state index contributed by atoms with van der Waals surface area (Å²) in [5, 5.41) is 33.1. The molecule has 3 atom stereocenters. The highest BCUT2D eigenvalue weighted by atomic mass is 17.2. The monoisotopic (exact) mass is 764 g/mol. The number of carbonyl (C=O) groups excluding carboxylic acids is 2. The smallest absolute Gasteiger partial charge is 0.307 e. The molecule has 2 rings (SSSR count). The van der Waals surface area contributed by atoms with E-state index in [4.69, 9.17) is 39.5 Å². The van der Waals surface area contributed by atoms with Crippen LogP contribution in [-0.4, -0.2) is 112 Å². The third-order valence-electron chi connectivity index (χ3n) is 8.66. The molecule has 13 nitrogen and oxygen atoms in total. The van der Waals surface area contributed by atoms with Crippen molar-refractivity contribution in [3.63, 3.8) is 0 Å². The molecule has 1 saturated heterocycles. The largest absolute Gasteiger partial charge is 0.463 e. The molecule has 4 N–H and O–H groups in total. The van der Waals surface area contributed by atoms with E-state index in [1.165, 1.54) is 83.5 Å². The van der Waals surface area contributed by atoms with Crippen molar-refractivity contribution in [3.8, 4) is 0 Å². The summed E-state index contributed by atoms with van der Waals surface area (Å²) in [7, 11) is 0. The van der Waals surface area contributed by atoms with Crippen LogP contribution in [0.25, 0.3) is 0 Å². The molecule has 316 valence electrons. The van der Waals surface area contributed by atoms with E-state index < -0.39 is 0 Å². The van der Waals surface area contributed by atoms with E-state index in [-0.39, 0.29) is 58.1 Å². The lowest BCUT2D eigenvalue weighted by Gasteiger charge is -2.21. The molecule has 1 aromatic heterocycles. The molecule has 13 heteroatoms. The highest BCUT2D eigenvalue weighted by Crippen LogP contribution is 2.27. The summed E-state index contributed by atoms with van der Waals surface area (Å²) in [6, 6.07) is 0. The fourth-order valence-corrected chi connectivity index (χ4v) is 5.83. The van der Waals surface area contributed by atoms with E-state index in [0.717, 1.165) is 58.2 Å². The van der Waals surface area contributed by atoms with Gasteiger partial charge in [0.15, 0.2) is 0 Å². The van der Waals surface area contributed by atoms with Gasteiger partial charge >= 0.3 is 5.97 Å². The van der Waals surface area contributed by atoms with E-state index in [1.807, 2.05) is 19.3 Å². The van der Waals surface area contributed by atoms with Crippen molar-refractivity contribution in [2.24, 2.45) is 0 Å². The van der Waals surface area contributed by atoms with Crippen LogP contribution >= 0.6 is 0 Å². The Labute approximate surface area is 322 Å². The van der Waals surface area contributed by atoms with Crippen LogP contribution in [0.5, 0.6) is 0 Å². The third-order valence-corrected chi connectivity index (χ3v) is 8.66. The fraction of sp³-hybridized carbons (Fsp3) is 0.875. The van der Waals surface area contributed by atoms with Crippen molar-refractivity contribution in [3.05, 3.63) is 18.7 Å². The Kier molecular flexibility index (Phi) is 46.4. The first-order chi connectivity index (χ1) is 25.5. The zero-order valence-electron chi connectivity index (χ0n) is 33.1. The number of unbranched alkanes of at least 4 members (excludes halogenated alkanes) is 12. The minimum atomic E-state index is -0.246. The first-order valence-electron chi connectivity index (χ1n) is 20.1. The van der Waals surface area contributed by atoms with Gasteiger partial charge in [0.2, 0.25) is 0 Å². The van der Waals surface area contributed by atoms with Crippen molar-refractivity contribution < 1.29 is 49.6 Å². The molecule has 3 unspecified atom stereocenters. The van der Waals surface area contributed by atoms with Gasteiger partial charge in [-0.05, 0) is 38.8 Å². The van der Waals surface area contributed by atoms with Gasteiger partial charge in [0.25, 0.3) is 0 Å². The van der Waals surface area contributed by atoms with Gasteiger partial charge in [-0.2, -0.15) is 0 Å². The Hall–Kier alpha value is -1.97. The predicted octanol–water partition coefficient (Wildman–Crippen LogP) is 7.55. The minimum Gasteiger partial charge on any atom is -0.463 e. The average molecular weight is 764 g/mol. The second-order valence-electron chi connectivity index (χ2n) is 13.2. The predicted molar refractivity (Wildman–Crippen MR) is 211 cm³/mol. The molecule has 0 spiro atoms. The molecular weight excluding hydrogens is 682 g/mol. The lowest BCUT2D eigenvalue weighted by Crippen LogP contribution is -2.29. The van der Waals surface area contributed by atoms with E-state index in [2.05, 4.69) is 35.2 Å². The number of ether oxygens (including phenoxy) is 1. The van der Waals surface area contributed by atoms with Crippen LogP contribution in [0, 0.1) is 0 Å². The van der Waals surface area contributed by atoms with Gasteiger partial charge in [-0.1, -0.05) is 118 Å². The van der Waals surface area contributed by atoms with Gasteiger partial charge < -0.3 is 34.3 Å². The zero-order valence-corrected chi connectivity index (χ0v) is 33.1. The fourth-order valence-electron chi connectivity index (χ4n) is 5.83. The first-order valence-corrected chi connectivity index (χ1v) is 20.1. The number of hydrogen-bond donors (Lipinski definition) is 4. The molecule has 1 fully saturated rings. The zero-order chi connectivity index (χ0) is 38.9. The number of aromatic nitrogens is 2. The summed E-state index contributed by atoms with van der Waals surface area (Å²) < 4.78 is 6.91. The maximum absolute atomic E-state index is 11.4. The number of aliphatic hydroxyl groups is 3. The Bertz CT molecular complexity index is 836.